The van der Waals surface area contributed by atoms with Crippen LogP contribution >= 0.6 is 23.4 Å². The van der Waals surface area contributed by atoms with Gasteiger partial charge in [-0.1, -0.05) is 17.7 Å². The second-order valence-electron chi connectivity index (χ2n) is 5.46. The number of aliphatic imine (C=N–C) groups is 1. The maximum Gasteiger partial charge on any atom is 0.266 e. The highest BCUT2D eigenvalue weighted by Crippen LogP contribution is 2.36. The van der Waals surface area contributed by atoms with Crippen molar-refractivity contribution in [1.29, 1.82) is 0 Å². The van der Waals surface area contributed by atoms with Crippen LogP contribution in [0.3, 0.4) is 0 Å². The van der Waals surface area contributed by atoms with Crippen LogP contribution in [0.2, 0.25) is 5.02 Å². The molecule has 0 unspecified atom stereocenters. The number of nitrogens with zero attached hydrogens (tertiary/aromatic N) is 2. The Morgan fingerprint density at radius 2 is 1.92 bits per heavy atom. The van der Waals surface area contributed by atoms with Crippen molar-refractivity contribution in [1.82, 2.24) is 4.90 Å². The number of ether oxygens (including phenoxy) is 2. The van der Waals surface area contributed by atoms with Gasteiger partial charge in [-0.25, -0.2) is 4.99 Å². The van der Waals surface area contributed by atoms with E-state index in [0.29, 0.717) is 20.8 Å². The number of fused-ring (bicyclic) bond motifs is 1. The van der Waals surface area contributed by atoms with Crippen molar-refractivity contribution in [2.75, 3.05) is 13.8 Å². The summed E-state index contributed by atoms with van der Waals surface area (Å²) in [5.74, 6) is 1.32. The van der Waals surface area contributed by atoms with Gasteiger partial charge in [0.15, 0.2) is 16.7 Å². The predicted octanol–water partition coefficient (Wildman–Crippen LogP) is 4.30. The van der Waals surface area contributed by atoms with Crippen molar-refractivity contribution in [3.05, 3.63) is 58.0 Å². The van der Waals surface area contributed by atoms with Crippen molar-refractivity contribution in [3.63, 3.8) is 0 Å². The summed E-state index contributed by atoms with van der Waals surface area (Å²) >= 11 is 7.22. The topological polar surface area (TPSA) is 51.1 Å². The lowest BCUT2D eigenvalue weighted by atomic mass is 10.2. The van der Waals surface area contributed by atoms with Crippen LogP contribution in [0.15, 0.2) is 52.4 Å². The minimum absolute atomic E-state index is 0.0876. The highest BCUT2D eigenvalue weighted by Gasteiger charge is 2.30. The monoisotopic (exact) mass is 372 g/mol. The van der Waals surface area contributed by atoms with Crippen LogP contribution in [0.25, 0.3) is 6.08 Å². The molecule has 0 radical (unpaired) electrons. The van der Waals surface area contributed by atoms with E-state index in [1.54, 1.807) is 19.2 Å². The highest BCUT2D eigenvalue weighted by molar-refractivity contribution is 8.18. The molecule has 4 rings (SSSR count). The lowest BCUT2D eigenvalue weighted by Gasteiger charge is -2.07. The summed E-state index contributed by atoms with van der Waals surface area (Å²) in [5.41, 5.74) is 1.62. The summed E-state index contributed by atoms with van der Waals surface area (Å²) < 4.78 is 10.7. The number of likely N-dealkylation sites (N-methyl/N-ethyl adjacent to an activating group) is 1. The number of carbonyl (C=O) groups excluding carboxylic acids is 1. The number of rotatable bonds is 2. The van der Waals surface area contributed by atoms with Gasteiger partial charge in [-0.05, 0) is 59.8 Å². The molecule has 0 N–H and O–H groups in total. The van der Waals surface area contributed by atoms with E-state index in [2.05, 4.69) is 4.99 Å². The molecule has 1 amide bonds. The van der Waals surface area contributed by atoms with E-state index in [-0.39, 0.29) is 12.7 Å². The molecule has 7 heteroatoms. The fourth-order valence-corrected chi connectivity index (χ4v) is 3.54. The minimum Gasteiger partial charge on any atom is -0.454 e. The number of benzene rings is 2. The van der Waals surface area contributed by atoms with Gasteiger partial charge in [0.25, 0.3) is 5.91 Å². The maximum absolute atomic E-state index is 12.5. The molecule has 0 bridgehead atoms. The van der Waals surface area contributed by atoms with Crippen molar-refractivity contribution >= 4 is 46.2 Å². The standard InChI is InChI=1S/C18H13ClN2O3S/c1-21-17(22)16(9-11-2-7-14-15(8-11)24-10-23-14)25-18(21)20-13-5-3-12(19)4-6-13/h2-9H,10H2,1H3/b16-9+,20-18?. The number of thioether (sulfide) groups is 1. The first-order valence-electron chi connectivity index (χ1n) is 7.52. The molecule has 5 nitrogen and oxygen atoms in total. The van der Waals surface area contributed by atoms with E-state index in [0.717, 1.165) is 17.0 Å². The molecule has 0 spiro atoms. The Morgan fingerprint density at radius 3 is 2.72 bits per heavy atom. The zero-order valence-electron chi connectivity index (χ0n) is 13.2. The molecule has 1 fully saturated rings. The molecule has 2 heterocycles. The van der Waals surface area contributed by atoms with Gasteiger partial charge in [0.05, 0.1) is 10.6 Å². The molecule has 0 saturated carbocycles. The van der Waals surface area contributed by atoms with Gasteiger partial charge in [-0.3, -0.25) is 9.69 Å². The summed E-state index contributed by atoms with van der Waals surface area (Å²) in [6.07, 6.45) is 1.83. The average Bonchev–Trinajstić information content (AvgIpc) is 3.17. The van der Waals surface area contributed by atoms with Crippen molar-refractivity contribution in [2.45, 2.75) is 0 Å². The molecular weight excluding hydrogens is 360 g/mol. The molecule has 2 aromatic rings. The zero-order chi connectivity index (χ0) is 17.4. The zero-order valence-corrected chi connectivity index (χ0v) is 14.8. The lowest BCUT2D eigenvalue weighted by Crippen LogP contribution is -2.23. The Morgan fingerprint density at radius 1 is 1.16 bits per heavy atom. The molecule has 126 valence electrons. The van der Waals surface area contributed by atoms with Crippen LogP contribution < -0.4 is 9.47 Å². The Kier molecular flexibility index (Phi) is 4.15. The van der Waals surface area contributed by atoms with Crippen molar-refractivity contribution < 1.29 is 14.3 Å². The molecule has 0 aromatic heterocycles. The van der Waals surface area contributed by atoms with Crippen LogP contribution in [-0.4, -0.2) is 29.8 Å². The average molecular weight is 373 g/mol. The van der Waals surface area contributed by atoms with E-state index in [4.69, 9.17) is 21.1 Å². The van der Waals surface area contributed by atoms with Crippen LogP contribution in [0, 0.1) is 0 Å². The van der Waals surface area contributed by atoms with Gasteiger partial charge in [-0.15, -0.1) is 0 Å². The van der Waals surface area contributed by atoms with E-state index >= 15 is 0 Å². The summed E-state index contributed by atoms with van der Waals surface area (Å²) in [6.45, 7) is 0.226. The van der Waals surface area contributed by atoms with E-state index < -0.39 is 0 Å². The molecule has 1 saturated heterocycles. The number of amides is 1. The van der Waals surface area contributed by atoms with Gasteiger partial charge in [0.1, 0.15) is 0 Å². The third-order valence-corrected chi connectivity index (χ3v) is 5.06. The summed E-state index contributed by atoms with van der Waals surface area (Å²) in [4.78, 5) is 19.1. The largest absolute Gasteiger partial charge is 0.454 e. The molecule has 25 heavy (non-hydrogen) atoms. The quantitative estimate of drug-likeness (QED) is 0.737. The number of halogens is 1. The third-order valence-electron chi connectivity index (χ3n) is 3.75. The van der Waals surface area contributed by atoms with Gasteiger partial charge in [-0.2, -0.15) is 0 Å². The summed E-state index contributed by atoms with van der Waals surface area (Å²) in [5, 5.41) is 1.27. The molecule has 2 aliphatic heterocycles. The summed E-state index contributed by atoms with van der Waals surface area (Å²) in [7, 11) is 1.71. The molecule has 0 atom stereocenters. The first-order chi connectivity index (χ1) is 12.1. The second kappa shape index (κ2) is 6.46. The first kappa shape index (κ1) is 16.1. The van der Waals surface area contributed by atoms with Crippen LogP contribution in [0.5, 0.6) is 11.5 Å². The highest BCUT2D eigenvalue weighted by atomic mass is 35.5. The van der Waals surface area contributed by atoms with Gasteiger partial charge < -0.3 is 9.47 Å². The van der Waals surface area contributed by atoms with Gasteiger partial charge >= 0.3 is 0 Å². The van der Waals surface area contributed by atoms with Crippen molar-refractivity contribution in [3.8, 4) is 11.5 Å². The Balaban J connectivity index is 1.61. The third kappa shape index (κ3) is 3.23. The fourth-order valence-electron chi connectivity index (χ4n) is 2.43. The molecular formula is C18H13ClN2O3S. The second-order valence-corrected chi connectivity index (χ2v) is 6.90. The lowest BCUT2D eigenvalue weighted by molar-refractivity contribution is -0.121. The normalized spacial score (nSPS) is 19.3. The number of amidine groups is 1. The summed E-state index contributed by atoms with van der Waals surface area (Å²) in [6, 6.07) is 12.8. The Bertz CT molecular complexity index is 909. The predicted molar refractivity (Wildman–Crippen MR) is 99.5 cm³/mol. The number of hydrogen-bond donors (Lipinski definition) is 0. The number of hydrogen-bond acceptors (Lipinski definition) is 5. The first-order valence-corrected chi connectivity index (χ1v) is 8.71. The number of carbonyl (C=O) groups is 1. The Labute approximate surface area is 153 Å². The smallest absolute Gasteiger partial charge is 0.266 e. The SMILES string of the molecule is CN1C(=O)/C(=C\c2ccc3c(c2)OCO3)SC1=Nc1ccc(Cl)cc1. The van der Waals surface area contributed by atoms with Gasteiger partial charge in [0, 0.05) is 12.1 Å². The van der Waals surface area contributed by atoms with Gasteiger partial charge in [0.2, 0.25) is 6.79 Å². The van der Waals surface area contributed by atoms with E-state index in [9.17, 15) is 4.79 Å². The molecule has 0 aliphatic carbocycles. The van der Waals surface area contributed by atoms with Crippen LogP contribution in [-0.2, 0) is 4.79 Å². The minimum atomic E-state index is -0.0876. The van der Waals surface area contributed by atoms with Crippen molar-refractivity contribution in [2.24, 2.45) is 4.99 Å². The van der Waals surface area contributed by atoms with Crippen LogP contribution in [0.4, 0.5) is 5.69 Å². The van der Waals surface area contributed by atoms with E-state index in [1.165, 1.54) is 16.7 Å². The van der Waals surface area contributed by atoms with E-state index in [1.807, 2.05) is 36.4 Å². The Hall–Kier alpha value is -2.44. The van der Waals surface area contributed by atoms with Crippen LogP contribution in [0.1, 0.15) is 5.56 Å². The molecule has 2 aromatic carbocycles. The molecule has 2 aliphatic rings. The fraction of sp³-hybridized carbons (Fsp3) is 0.111. The maximum atomic E-state index is 12.5.